The number of hydrogen-bond acceptors (Lipinski definition) is 4. The molecule has 1 aromatic carbocycles. The van der Waals surface area contributed by atoms with E-state index in [4.69, 9.17) is 9.47 Å². The predicted octanol–water partition coefficient (Wildman–Crippen LogP) is 2.52. The summed E-state index contributed by atoms with van der Waals surface area (Å²) in [7, 11) is 2.72. The van der Waals surface area contributed by atoms with Crippen molar-refractivity contribution < 1.29 is 19.0 Å². The van der Waals surface area contributed by atoms with Crippen molar-refractivity contribution in [1.29, 1.82) is 0 Å². The van der Waals surface area contributed by atoms with Crippen LogP contribution in [0.5, 0.6) is 5.75 Å². The summed E-state index contributed by atoms with van der Waals surface area (Å²) in [5, 5.41) is 0. The Morgan fingerprint density at radius 1 is 1.15 bits per heavy atom. The van der Waals surface area contributed by atoms with Crippen LogP contribution >= 0.6 is 0 Å². The normalized spacial score (nSPS) is 11.0. The molecule has 104 valence electrons. The zero-order valence-corrected chi connectivity index (χ0v) is 11.3. The van der Waals surface area contributed by atoms with E-state index >= 15 is 0 Å². The van der Waals surface area contributed by atoms with Crippen molar-refractivity contribution in [3.05, 3.63) is 60.8 Å². The first-order chi connectivity index (χ1) is 9.74. The van der Waals surface area contributed by atoms with Gasteiger partial charge in [-0.15, -0.1) is 0 Å². The summed E-state index contributed by atoms with van der Waals surface area (Å²) < 4.78 is 16.9. The fourth-order valence-electron chi connectivity index (χ4n) is 1.66. The Bertz CT molecular complexity index is 602. The van der Waals surface area contributed by atoms with Gasteiger partial charge in [0, 0.05) is 24.1 Å². The van der Waals surface area contributed by atoms with Crippen LogP contribution < -0.4 is 4.74 Å². The Morgan fingerprint density at radius 2 is 1.90 bits per heavy atom. The Morgan fingerprint density at radius 3 is 2.55 bits per heavy atom. The van der Waals surface area contributed by atoms with Gasteiger partial charge in [0.2, 0.25) is 5.76 Å². The molecule has 0 N–H and O–H groups in total. The van der Waals surface area contributed by atoms with E-state index in [1.54, 1.807) is 6.07 Å². The van der Waals surface area contributed by atoms with Crippen LogP contribution in [0.1, 0.15) is 0 Å². The summed E-state index contributed by atoms with van der Waals surface area (Å²) in [5.41, 5.74) is 0.925. The third kappa shape index (κ3) is 3.20. The van der Waals surface area contributed by atoms with E-state index in [0.29, 0.717) is 5.75 Å². The van der Waals surface area contributed by atoms with Crippen molar-refractivity contribution in [2.75, 3.05) is 14.2 Å². The molecule has 2 rings (SSSR count). The minimum absolute atomic E-state index is 0.0142. The second-order valence-electron chi connectivity index (χ2n) is 3.90. The molecule has 0 bridgehead atoms. The number of benzene rings is 1. The van der Waals surface area contributed by atoms with Crippen LogP contribution in [0.3, 0.4) is 0 Å². The van der Waals surface area contributed by atoms with E-state index in [2.05, 4.69) is 4.74 Å². The van der Waals surface area contributed by atoms with Gasteiger partial charge in [-0.1, -0.05) is 6.07 Å². The van der Waals surface area contributed by atoms with Gasteiger partial charge >= 0.3 is 5.97 Å². The first-order valence-electron chi connectivity index (χ1n) is 5.97. The third-order valence-electron chi connectivity index (χ3n) is 2.56. The number of carbonyl (C=O) groups is 1. The maximum absolute atomic E-state index is 11.5. The molecule has 0 aliphatic carbocycles. The highest BCUT2D eigenvalue weighted by molar-refractivity contribution is 5.86. The molecule has 0 aliphatic rings. The first kappa shape index (κ1) is 13.7. The summed E-state index contributed by atoms with van der Waals surface area (Å²) in [6.07, 6.45) is 5.05. The van der Waals surface area contributed by atoms with E-state index in [1.807, 2.05) is 47.3 Å². The summed E-state index contributed by atoms with van der Waals surface area (Å²) in [4.78, 5) is 11.5. The van der Waals surface area contributed by atoms with Crippen LogP contribution in [0.15, 0.2) is 60.8 Å². The van der Waals surface area contributed by atoms with E-state index < -0.39 is 5.97 Å². The number of rotatable bonds is 5. The van der Waals surface area contributed by atoms with E-state index in [-0.39, 0.29) is 5.76 Å². The number of esters is 1. The van der Waals surface area contributed by atoms with Gasteiger partial charge in [0.15, 0.2) is 0 Å². The number of carbonyl (C=O) groups excluding carboxylic acids is 1. The molecular formula is C15H15NO4. The highest BCUT2D eigenvalue weighted by Crippen LogP contribution is 2.19. The number of aromatic nitrogens is 1. The number of nitrogens with zero attached hydrogens (tertiary/aromatic N) is 1. The average Bonchev–Trinajstić information content (AvgIpc) is 3.00. The highest BCUT2D eigenvalue weighted by atomic mass is 16.6. The van der Waals surface area contributed by atoms with Gasteiger partial charge < -0.3 is 18.8 Å². The lowest BCUT2D eigenvalue weighted by atomic mass is 10.3. The molecule has 2 aromatic rings. The molecule has 20 heavy (non-hydrogen) atoms. The molecule has 0 spiro atoms. The molecule has 0 aliphatic heterocycles. The number of methoxy groups -OCH3 is 2. The molecule has 0 radical (unpaired) electrons. The maximum Gasteiger partial charge on any atom is 0.377 e. The molecule has 0 amide bonds. The molecule has 5 heteroatoms. The largest absolute Gasteiger partial charge is 0.500 e. The topological polar surface area (TPSA) is 49.7 Å². The van der Waals surface area contributed by atoms with Crippen LogP contribution in [0.2, 0.25) is 0 Å². The van der Waals surface area contributed by atoms with Crippen LogP contribution in [-0.4, -0.2) is 24.8 Å². The van der Waals surface area contributed by atoms with Gasteiger partial charge in [0.1, 0.15) is 12.0 Å². The van der Waals surface area contributed by atoms with Gasteiger partial charge in [-0.3, -0.25) is 0 Å². The fraction of sp³-hybridized carbons (Fsp3) is 0.133. The van der Waals surface area contributed by atoms with Crippen molar-refractivity contribution in [1.82, 2.24) is 4.57 Å². The van der Waals surface area contributed by atoms with E-state index in [9.17, 15) is 4.79 Å². The van der Waals surface area contributed by atoms with Crippen LogP contribution in [0, 0.1) is 0 Å². The lowest BCUT2D eigenvalue weighted by Gasteiger charge is -2.09. The smallest absolute Gasteiger partial charge is 0.377 e. The quantitative estimate of drug-likeness (QED) is 0.477. The van der Waals surface area contributed by atoms with Crippen molar-refractivity contribution in [2.45, 2.75) is 0 Å². The van der Waals surface area contributed by atoms with Crippen LogP contribution in [0.25, 0.3) is 5.69 Å². The molecule has 0 saturated heterocycles. The van der Waals surface area contributed by atoms with Gasteiger partial charge in [-0.05, 0) is 24.3 Å². The van der Waals surface area contributed by atoms with Gasteiger partial charge in [-0.25, -0.2) is 4.79 Å². The second-order valence-corrected chi connectivity index (χ2v) is 3.90. The molecule has 0 saturated carbocycles. The summed E-state index contributed by atoms with van der Waals surface area (Å²) in [5.74, 6) is -0.0947. The van der Waals surface area contributed by atoms with Gasteiger partial charge in [-0.2, -0.15) is 0 Å². The summed E-state index contributed by atoms with van der Waals surface area (Å²) in [6, 6.07) is 11.2. The molecule has 1 aromatic heterocycles. The monoisotopic (exact) mass is 273 g/mol. The molecule has 0 atom stereocenters. The van der Waals surface area contributed by atoms with Gasteiger partial charge in [0.05, 0.1) is 14.2 Å². The molecular weight excluding hydrogens is 258 g/mol. The Hall–Kier alpha value is -2.69. The minimum atomic E-state index is -0.599. The number of ether oxygens (including phenoxy) is 3. The lowest BCUT2D eigenvalue weighted by Crippen LogP contribution is -2.11. The third-order valence-corrected chi connectivity index (χ3v) is 2.56. The molecule has 1 heterocycles. The Kier molecular flexibility index (Phi) is 4.44. The molecule has 5 nitrogen and oxygen atoms in total. The summed E-state index contributed by atoms with van der Waals surface area (Å²) >= 11 is 0. The second kappa shape index (κ2) is 6.47. The molecule has 0 fully saturated rings. The fourth-order valence-corrected chi connectivity index (χ4v) is 1.66. The zero-order chi connectivity index (χ0) is 14.4. The SMILES string of the molecule is CO/C=C(\Oc1cccc(-n2cccc2)c1)C(=O)OC. The Labute approximate surface area is 117 Å². The molecule has 0 unspecified atom stereocenters. The lowest BCUT2D eigenvalue weighted by molar-refractivity contribution is -0.138. The van der Waals surface area contributed by atoms with E-state index in [1.165, 1.54) is 20.5 Å². The zero-order valence-electron chi connectivity index (χ0n) is 11.3. The first-order valence-corrected chi connectivity index (χ1v) is 5.97. The minimum Gasteiger partial charge on any atom is -0.500 e. The van der Waals surface area contributed by atoms with Crippen molar-refractivity contribution >= 4 is 5.97 Å². The van der Waals surface area contributed by atoms with Crippen LogP contribution in [-0.2, 0) is 14.3 Å². The van der Waals surface area contributed by atoms with Crippen molar-refractivity contribution in [2.24, 2.45) is 0 Å². The van der Waals surface area contributed by atoms with Gasteiger partial charge in [0.25, 0.3) is 0 Å². The van der Waals surface area contributed by atoms with Crippen molar-refractivity contribution in [3.63, 3.8) is 0 Å². The number of hydrogen-bond donors (Lipinski definition) is 0. The van der Waals surface area contributed by atoms with Crippen molar-refractivity contribution in [3.8, 4) is 11.4 Å². The predicted molar refractivity (Wildman–Crippen MR) is 73.5 cm³/mol. The van der Waals surface area contributed by atoms with Crippen LogP contribution in [0.4, 0.5) is 0 Å². The van der Waals surface area contributed by atoms with E-state index in [0.717, 1.165) is 5.69 Å². The Balaban J connectivity index is 2.23. The maximum atomic E-state index is 11.5. The highest BCUT2D eigenvalue weighted by Gasteiger charge is 2.13. The standard InChI is InChI=1S/C15H15NO4/c1-18-11-14(15(17)19-2)20-13-7-5-6-12(10-13)16-8-3-4-9-16/h3-11H,1-2H3/b14-11-. The average molecular weight is 273 g/mol. The summed E-state index contributed by atoms with van der Waals surface area (Å²) in [6.45, 7) is 0.